The van der Waals surface area contributed by atoms with Crippen molar-refractivity contribution in [2.45, 2.75) is 118 Å². The molecule has 0 aromatic rings. The number of aliphatic carboxylic acids is 1. The lowest BCUT2D eigenvalue weighted by atomic mass is 9.32. The van der Waals surface area contributed by atoms with Crippen molar-refractivity contribution in [3.8, 4) is 0 Å². The van der Waals surface area contributed by atoms with Gasteiger partial charge in [0.05, 0.1) is 5.41 Å². The van der Waals surface area contributed by atoms with Gasteiger partial charge >= 0.3 is 5.97 Å². The van der Waals surface area contributed by atoms with Crippen molar-refractivity contribution in [2.24, 2.45) is 62.4 Å². The highest BCUT2D eigenvalue weighted by Crippen LogP contribution is 2.77. The van der Waals surface area contributed by atoms with E-state index in [1.165, 1.54) is 44.9 Å². The van der Waals surface area contributed by atoms with Gasteiger partial charge in [-0.3, -0.25) is 4.79 Å². The van der Waals surface area contributed by atoms with E-state index < -0.39 is 11.4 Å². The molecular formula is C29H49NO2. The molecule has 5 aliphatic rings. The number of carbonyl (C=O) groups is 1. The van der Waals surface area contributed by atoms with Gasteiger partial charge in [0.2, 0.25) is 0 Å². The predicted octanol–water partition coefficient (Wildman–Crippen LogP) is 6.89. The Morgan fingerprint density at radius 1 is 0.844 bits per heavy atom. The van der Waals surface area contributed by atoms with Gasteiger partial charge in [0.1, 0.15) is 0 Å². The molecular weight excluding hydrogens is 394 g/mol. The lowest BCUT2D eigenvalue weighted by molar-refractivity contribution is -0.239. The molecule has 0 aromatic carbocycles. The molecule has 3 heteroatoms. The van der Waals surface area contributed by atoms with Crippen LogP contribution in [0.15, 0.2) is 0 Å². The Morgan fingerprint density at radius 3 is 2.22 bits per heavy atom. The lowest BCUT2D eigenvalue weighted by Crippen LogP contribution is -2.66. The predicted molar refractivity (Wildman–Crippen MR) is 130 cm³/mol. The molecule has 5 fully saturated rings. The van der Waals surface area contributed by atoms with Gasteiger partial charge in [-0.05, 0) is 122 Å². The fourth-order valence-corrected chi connectivity index (χ4v) is 11.7. The highest BCUT2D eigenvalue weighted by molar-refractivity contribution is 5.76. The molecule has 0 aliphatic heterocycles. The Hall–Kier alpha value is -0.570. The van der Waals surface area contributed by atoms with Crippen molar-refractivity contribution in [3.05, 3.63) is 0 Å². The van der Waals surface area contributed by atoms with Crippen LogP contribution in [0.5, 0.6) is 0 Å². The third kappa shape index (κ3) is 2.67. The first-order valence-electron chi connectivity index (χ1n) is 13.8. The number of rotatable bonds is 2. The maximum atomic E-state index is 12.7. The number of fused-ring (bicyclic) bond motifs is 7. The normalized spacial score (nSPS) is 55.2. The van der Waals surface area contributed by atoms with Gasteiger partial charge in [0.15, 0.2) is 0 Å². The smallest absolute Gasteiger partial charge is 0.309 e. The summed E-state index contributed by atoms with van der Waals surface area (Å²) < 4.78 is 0. The molecule has 3 nitrogen and oxygen atoms in total. The van der Waals surface area contributed by atoms with E-state index in [4.69, 9.17) is 5.73 Å². The highest BCUT2D eigenvalue weighted by Gasteiger charge is 2.71. The summed E-state index contributed by atoms with van der Waals surface area (Å²) in [5.74, 6) is 2.25. The molecule has 182 valence electrons. The standard InChI is InChI=1S/C29H49NO2/c1-18(30)19-10-15-29(24(31)32)17-16-27(5)20(23(19)29)8-9-22-26(4)13-7-12-25(2,3)21(26)11-14-28(22,27)6/h18-23H,7-17,30H2,1-6H3,(H,31,32)/t18-,19?,20?,21?,22?,23?,26?,27+,28?,29?/m0/s1. The van der Waals surface area contributed by atoms with Crippen LogP contribution in [0, 0.1) is 56.7 Å². The first-order chi connectivity index (χ1) is 14.8. The van der Waals surface area contributed by atoms with Crippen LogP contribution in [-0.2, 0) is 4.79 Å². The van der Waals surface area contributed by atoms with E-state index in [2.05, 4.69) is 41.5 Å². The molecule has 0 heterocycles. The Morgan fingerprint density at radius 2 is 1.56 bits per heavy atom. The van der Waals surface area contributed by atoms with E-state index in [1.807, 2.05) is 0 Å². The van der Waals surface area contributed by atoms with Crippen molar-refractivity contribution in [2.75, 3.05) is 0 Å². The molecule has 10 atom stereocenters. The average Bonchev–Trinajstić information content (AvgIpc) is 3.09. The van der Waals surface area contributed by atoms with Crippen molar-refractivity contribution >= 4 is 5.97 Å². The zero-order chi connectivity index (χ0) is 23.3. The van der Waals surface area contributed by atoms with Gasteiger partial charge in [-0.1, -0.05) is 41.0 Å². The molecule has 5 aliphatic carbocycles. The molecule has 8 unspecified atom stereocenters. The van der Waals surface area contributed by atoms with Gasteiger partial charge in [0.25, 0.3) is 0 Å². The van der Waals surface area contributed by atoms with E-state index in [1.54, 1.807) is 0 Å². The largest absolute Gasteiger partial charge is 0.481 e. The van der Waals surface area contributed by atoms with Crippen LogP contribution in [0.2, 0.25) is 0 Å². The Balaban J connectivity index is 1.56. The van der Waals surface area contributed by atoms with Crippen molar-refractivity contribution in [1.29, 1.82) is 0 Å². The van der Waals surface area contributed by atoms with Gasteiger partial charge in [-0.25, -0.2) is 0 Å². The number of carboxylic acids is 1. The molecule has 0 aromatic heterocycles. The van der Waals surface area contributed by atoms with Crippen LogP contribution in [0.25, 0.3) is 0 Å². The monoisotopic (exact) mass is 443 g/mol. The topological polar surface area (TPSA) is 63.3 Å². The van der Waals surface area contributed by atoms with E-state index in [-0.39, 0.29) is 17.4 Å². The second-order valence-electron chi connectivity index (χ2n) is 14.6. The first-order valence-corrected chi connectivity index (χ1v) is 13.8. The summed E-state index contributed by atoms with van der Waals surface area (Å²) in [5, 5.41) is 10.5. The number of hydrogen-bond donors (Lipinski definition) is 2. The second kappa shape index (κ2) is 6.98. The average molecular weight is 444 g/mol. The van der Waals surface area contributed by atoms with Crippen molar-refractivity contribution in [3.63, 3.8) is 0 Å². The Bertz CT molecular complexity index is 790. The first kappa shape index (κ1) is 23.2. The lowest BCUT2D eigenvalue weighted by Gasteiger charge is -2.72. The molecule has 0 spiro atoms. The fraction of sp³-hybridized carbons (Fsp3) is 0.966. The summed E-state index contributed by atoms with van der Waals surface area (Å²) in [6.45, 7) is 15.1. The molecule has 3 N–H and O–H groups in total. The van der Waals surface area contributed by atoms with Crippen LogP contribution in [0.4, 0.5) is 0 Å². The van der Waals surface area contributed by atoms with Crippen LogP contribution in [0.3, 0.4) is 0 Å². The maximum absolute atomic E-state index is 12.7. The summed E-state index contributed by atoms with van der Waals surface area (Å²) in [5.41, 5.74) is 7.50. The molecule has 32 heavy (non-hydrogen) atoms. The highest BCUT2D eigenvalue weighted by atomic mass is 16.4. The van der Waals surface area contributed by atoms with Crippen molar-refractivity contribution in [1.82, 2.24) is 0 Å². The van der Waals surface area contributed by atoms with E-state index in [0.717, 1.165) is 37.5 Å². The quantitative estimate of drug-likeness (QED) is 0.488. The Kier molecular flexibility index (Phi) is 5.06. The van der Waals surface area contributed by atoms with E-state index >= 15 is 0 Å². The van der Waals surface area contributed by atoms with Gasteiger partial charge in [-0.15, -0.1) is 0 Å². The molecule has 0 amide bonds. The molecule has 0 bridgehead atoms. The third-order valence-electron chi connectivity index (χ3n) is 13.3. The SMILES string of the molecule is C[C@H](N)C1CCC2(C(=O)O)CC[C@]3(C)C(CCC4C5(C)CCCC(C)(C)C5CCC43C)C12. The number of nitrogens with two attached hydrogens (primary N) is 1. The van der Waals surface area contributed by atoms with Crippen LogP contribution in [-0.4, -0.2) is 17.1 Å². The van der Waals surface area contributed by atoms with Gasteiger partial charge in [0, 0.05) is 6.04 Å². The fourth-order valence-electron chi connectivity index (χ4n) is 11.7. The summed E-state index contributed by atoms with van der Waals surface area (Å²) in [6, 6.07) is 0.0986. The summed E-state index contributed by atoms with van der Waals surface area (Å²) in [4.78, 5) is 12.7. The molecule has 5 rings (SSSR count). The zero-order valence-corrected chi connectivity index (χ0v) is 21.7. The molecule has 0 saturated heterocycles. The number of hydrogen-bond acceptors (Lipinski definition) is 2. The van der Waals surface area contributed by atoms with E-state index in [9.17, 15) is 9.90 Å². The molecule has 0 radical (unpaired) electrons. The maximum Gasteiger partial charge on any atom is 0.309 e. The summed E-state index contributed by atoms with van der Waals surface area (Å²) >= 11 is 0. The van der Waals surface area contributed by atoms with E-state index in [0.29, 0.717) is 28.1 Å². The minimum atomic E-state index is -0.523. The zero-order valence-electron chi connectivity index (χ0n) is 21.7. The van der Waals surface area contributed by atoms with Crippen LogP contribution in [0.1, 0.15) is 112 Å². The summed E-state index contributed by atoms with van der Waals surface area (Å²) in [6.07, 6.45) is 13.2. The molecule has 5 saturated carbocycles. The minimum absolute atomic E-state index is 0.0986. The minimum Gasteiger partial charge on any atom is -0.481 e. The van der Waals surface area contributed by atoms with Crippen molar-refractivity contribution < 1.29 is 9.90 Å². The van der Waals surface area contributed by atoms with Crippen LogP contribution >= 0.6 is 0 Å². The van der Waals surface area contributed by atoms with Gasteiger partial charge in [-0.2, -0.15) is 0 Å². The van der Waals surface area contributed by atoms with Gasteiger partial charge < -0.3 is 10.8 Å². The number of carboxylic acid groups (broad SMARTS) is 1. The summed E-state index contributed by atoms with van der Waals surface area (Å²) in [7, 11) is 0. The second-order valence-corrected chi connectivity index (χ2v) is 14.6. The third-order valence-corrected chi connectivity index (χ3v) is 13.3. The van der Waals surface area contributed by atoms with Crippen LogP contribution < -0.4 is 5.73 Å². The Labute approximate surface area is 196 Å².